The molecule has 0 aromatic heterocycles. The van der Waals surface area contributed by atoms with E-state index in [0.29, 0.717) is 29.1 Å². The van der Waals surface area contributed by atoms with Gasteiger partial charge in [-0.2, -0.15) is 0 Å². The molecule has 2 rings (SSSR count). The van der Waals surface area contributed by atoms with E-state index in [2.05, 4.69) is 5.32 Å². The molecule has 21 heavy (non-hydrogen) atoms. The summed E-state index contributed by atoms with van der Waals surface area (Å²) in [7, 11) is 0. The first kappa shape index (κ1) is 15.9. The van der Waals surface area contributed by atoms with Crippen LogP contribution in [0.15, 0.2) is 36.4 Å². The largest absolute Gasteiger partial charge is 0.310 e. The first-order valence-electron chi connectivity index (χ1n) is 6.94. The third-order valence-corrected chi connectivity index (χ3v) is 3.78. The molecule has 4 heteroatoms. The van der Waals surface area contributed by atoms with Crippen molar-refractivity contribution in [2.45, 2.75) is 26.3 Å². The van der Waals surface area contributed by atoms with E-state index in [0.717, 1.165) is 5.56 Å². The van der Waals surface area contributed by atoms with Crippen LogP contribution >= 0.6 is 11.6 Å². The van der Waals surface area contributed by atoms with Crippen molar-refractivity contribution in [3.8, 4) is 0 Å². The Balaban J connectivity index is 2.32. The molecule has 1 N–H and O–H groups in total. The van der Waals surface area contributed by atoms with Gasteiger partial charge < -0.3 is 5.32 Å². The summed E-state index contributed by atoms with van der Waals surface area (Å²) in [4.78, 5) is 0. The van der Waals surface area contributed by atoms with Crippen molar-refractivity contribution < 1.29 is 8.78 Å². The van der Waals surface area contributed by atoms with E-state index < -0.39 is 0 Å². The van der Waals surface area contributed by atoms with Crippen LogP contribution in [-0.2, 0) is 6.42 Å². The number of likely N-dealkylation sites (N-methyl/N-ethyl adjacent to an activating group) is 1. The fourth-order valence-electron chi connectivity index (χ4n) is 2.37. The number of halogens is 3. The summed E-state index contributed by atoms with van der Waals surface area (Å²) in [5.74, 6) is -0.595. The monoisotopic (exact) mass is 309 g/mol. The molecule has 0 saturated carbocycles. The van der Waals surface area contributed by atoms with Crippen LogP contribution < -0.4 is 5.32 Å². The van der Waals surface area contributed by atoms with Gasteiger partial charge in [-0.3, -0.25) is 0 Å². The molecule has 2 aromatic rings. The molecule has 0 aliphatic heterocycles. The maximum Gasteiger partial charge on any atom is 0.128 e. The number of aryl methyl sites for hydroxylation is 1. The summed E-state index contributed by atoms with van der Waals surface area (Å²) in [6.45, 7) is 4.48. The van der Waals surface area contributed by atoms with E-state index in [4.69, 9.17) is 11.6 Å². The van der Waals surface area contributed by atoms with Crippen LogP contribution in [0.4, 0.5) is 8.78 Å². The van der Waals surface area contributed by atoms with Crippen LogP contribution in [0.2, 0.25) is 5.02 Å². The van der Waals surface area contributed by atoms with Crippen molar-refractivity contribution in [3.05, 3.63) is 69.7 Å². The quantitative estimate of drug-likeness (QED) is 0.835. The summed E-state index contributed by atoms with van der Waals surface area (Å²) in [6.07, 6.45) is 0.435. The standard InChI is InChI=1S/C17H18ClF2N/c1-3-21-17(14-6-4-11(2)8-16(14)20)10-12-9-13(19)5-7-15(12)18/h4-9,17,21H,3,10H2,1-2H3. The molecule has 0 radical (unpaired) electrons. The van der Waals surface area contributed by atoms with E-state index in [-0.39, 0.29) is 17.7 Å². The topological polar surface area (TPSA) is 12.0 Å². The van der Waals surface area contributed by atoms with E-state index in [1.165, 1.54) is 24.3 Å². The molecule has 0 heterocycles. The highest BCUT2D eigenvalue weighted by Crippen LogP contribution is 2.26. The van der Waals surface area contributed by atoms with Crippen LogP contribution in [0.3, 0.4) is 0 Å². The van der Waals surface area contributed by atoms with Crippen LogP contribution in [0.25, 0.3) is 0 Å². The molecule has 1 atom stereocenters. The Morgan fingerprint density at radius 3 is 2.57 bits per heavy atom. The SMILES string of the molecule is CCNC(Cc1cc(F)ccc1Cl)c1ccc(C)cc1F. The fraction of sp³-hybridized carbons (Fsp3) is 0.294. The van der Waals surface area contributed by atoms with Gasteiger partial charge in [0.15, 0.2) is 0 Å². The Morgan fingerprint density at radius 2 is 1.90 bits per heavy atom. The molecular weight excluding hydrogens is 292 g/mol. The zero-order chi connectivity index (χ0) is 15.4. The second-order valence-electron chi connectivity index (χ2n) is 5.08. The second-order valence-corrected chi connectivity index (χ2v) is 5.48. The number of nitrogens with one attached hydrogen (secondary N) is 1. The molecule has 0 bridgehead atoms. The number of hydrogen-bond donors (Lipinski definition) is 1. The van der Waals surface area contributed by atoms with Gasteiger partial charge in [-0.25, -0.2) is 8.78 Å². The van der Waals surface area contributed by atoms with E-state index in [9.17, 15) is 8.78 Å². The van der Waals surface area contributed by atoms with Gasteiger partial charge in [0, 0.05) is 16.6 Å². The lowest BCUT2D eigenvalue weighted by molar-refractivity contribution is 0.508. The van der Waals surface area contributed by atoms with E-state index >= 15 is 0 Å². The minimum absolute atomic E-state index is 0.241. The molecule has 1 nitrogen and oxygen atoms in total. The lowest BCUT2D eigenvalue weighted by atomic mass is 9.97. The Hall–Kier alpha value is -1.45. The van der Waals surface area contributed by atoms with Gasteiger partial charge in [0.25, 0.3) is 0 Å². The Morgan fingerprint density at radius 1 is 1.14 bits per heavy atom. The summed E-state index contributed by atoms with van der Waals surface area (Å²) in [6, 6.07) is 9.16. The van der Waals surface area contributed by atoms with Crippen molar-refractivity contribution in [3.63, 3.8) is 0 Å². The highest BCUT2D eigenvalue weighted by molar-refractivity contribution is 6.31. The van der Waals surface area contributed by atoms with Crippen molar-refractivity contribution in [1.82, 2.24) is 5.32 Å². The number of rotatable bonds is 5. The molecule has 1 unspecified atom stereocenters. The van der Waals surface area contributed by atoms with Crippen molar-refractivity contribution in [2.75, 3.05) is 6.54 Å². The van der Waals surface area contributed by atoms with Gasteiger partial charge in [-0.15, -0.1) is 0 Å². The zero-order valence-corrected chi connectivity index (χ0v) is 12.8. The summed E-state index contributed by atoms with van der Waals surface area (Å²) < 4.78 is 27.5. The van der Waals surface area contributed by atoms with Gasteiger partial charge in [-0.1, -0.05) is 30.7 Å². The summed E-state index contributed by atoms with van der Waals surface area (Å²) in [5, 5.41) is 3.73. The molecule has 2 aromatic carbocycles. The average Bonchev–Trinajstić information content (AvgIpc) is 2.42. The van der Waals surface area contributed by atoms with Crippen molar-refractivity contribution in [2.24, 2.45) is 0 Å². The maximum atomic E-state index is 14.2. The smallest absolute Gasteiger partial charge is 0.128 e. The first-order valence-corrected chi connectivity index (χ1v) is 7.32. The molecule has 0 fully saturated rings. The van der Waals surface area contributed by atoms with Crippen molar-refractivity contribution in [1.29, 1.82) is 0 Å². The molecule has 112 valence electrons. The van der Waals surface area contributed by atoms with Crippen LogP contribution in [0, 0.1) is 18.6 Å². The summed E-state index contributed by atoms with van der Waals surface area (Å²) in [5.41, 5.74) is 2.11. The highest BCUT2D eigenvalue weighted by Gasteiger charge is 2.17. The van der Waals surface area contributed by atoms with E-state index in [1.54, 1.807) is 6.07 Å². The van der Waals surface area contributed by atoms with Gasteiger partial charge in [0.1, 0.15) is 11.6 Å². The molecule has 0 spiro atoms. The van der Waals surface area contributed by atoms with E-state index in [1.807, 2.05) is 19.9 Å². The molecule has 0 aliphatic rings. The molecule has 0 saturated heterocycles. The third kappa shape index (κ3) is 4.02. The van der Waals surface area contributed by atoms with Gasteiger partial charge in [0.05, 0.1) is 0 Å². The lowest BCUT2D eigenvalue weighted by Gasteiger charge is -2.20. The molecule has 0 amide bonds. The minimum Gasteiger partial charge on any atom is -0.310 e. The van der Waals surface area contributed by atoms with Gasteiger partial charge in [-0.05, 0) is 55.3 Å². The van der Waals surface area contributed by atoms with Crippen LogP contribution in [0.5, 0.6) is 0 Å². The highest BCUT2D eigenvalue weighted by atomic mass is 35.5. The maximum absolute atomic E-state index is 14.2. The Bertz CT molecular complexity index is 628. The third-order valence-electron chi connectivity index (χ3n) is 3.41. The van der Waals surface area contributed by atoms with Gasteiger partial charge >= 0.3 is 0 Å². The van der Waals surface area contributed by atoms with Crippen LogP contribution in [0.1, 0.15) is 29.7 Å². The normalized spacial score (nSPS) is 12.4. The fourth-order valence-corrected chi connectivity index (χ4v) is 2.57. The Labute approximate surface area is 128 Å². The Kier molecular flexibility index (Phi) is 5.32. The summed E-state index contributed by atoms with van der Waals surface area (Å²) >= 11 is 6.10. The predicted octanol–water partition coefficient (Wildman–Crippen LogP) is 4.82. The minimum atomic E-state index is -0.339. The average molecular weight is 310 g/mol. The molecular formula is C17H18ClF2N. The molecule has 0 aliphatic carbocycles. The lowest BCUT2D eigenvalue weighted by Crippen LogP contribution is -2.24. The first-order chi connectivity index (χ1) is 10.0. The van der Waals surface area contributed by atoms with Crippen molar-refractivity contribution >= 4 is 11.6 Å². The second kappa shape index (κ2) is 7.01. The predicted molar refractivity (Wildman–Crippen MR) is 82.7 cm³/mol. The van der Waals surface area contributed by atoms with Gasteiger partial charge in [0.2, 0.25) is 0 Å². The number of hydrogen-bond acceptors (Lipinski definition) is 1. The zero-order valence-electron chi connectivity index (χ0n) is 12.1. The number of benzene rings is 2. The van der Waals surface area contributed by atoms with Crippen LogP contribution in [-0.4, -0.2) is 6.54 Å².